The average molecular weight is 431 g/mol. The van der Waals surface area contributed by atoms with Gasteiger partial charge in [0.25, 0.3) is 0 Å². The molecule has 3 rings (SSSR count). The average Bonchev–Trinajstić information content (AvgIpc) is 3.07. The van der Waals surface area contributed by atoms with Gasteiger partial charge in [0, 0.05) is 19.0 Å². The van der Waals surface area contributed by atoms with Gasteiger partial charge in [-0.25, -0.2) is 14.6 Å². The molecule has 1 unspecified atom stereocenters. The third-order valence-corrected chi connectivity index (χ3v) is 5.00. The summed E-state index contributed by atoms with van der Waals surface area (Å²) in [5.41, 5.74) is 7.48. The van der Waals surface area contributed by atoms with Crippen LogP contribution in [0.15, 0.2) is 42.6 Å². The molecule has 9 nitrogen and oxygen atoms in total. The molecule has 0 fully saturated rings. The van der Waals surface area contributed by atoms with Crippen molar-refractivity contribution in [1.29, 1.82) is 0 Å². The minimum atomic E-state index is -1.06. The molecule has 10 heteroatoms. The summed E-state index contributed by atoms with van der Waals surface area (Å²) >= 11 is 6.09. The van der Waals surface area contributed by atoms with Gasteiger partial charge in [-0.05, 0) is 24.5 Å². The predicted octanol–water partition coefficient (Wildman–Crippen LogP) is 3.29. The van der Waals surface area contributed by atoms with E-state index in [0.717, 1.165) is 16.5 Å². The van der Waals surface area contributed by atoms with Crippen LogP contribution in [0.5, 0.6) is 0 Å². The maximum Gasteiger partial charge on any atom is 0.407 e. The Bertz CT molecular complexity index is 1040. The lowest BCUT2D eigenvalue weighted by atomic mass is 10.0. The quantitative estimate of drug-likeness (QED) is 0.472. The molecule has 2 heterocycles. The van der Waals surface area contributed by atoms with Crippen molar-refractivity contribution >= 4 is 34.6 Å². The smallest absolute Gasteiger partial charge is 0.407 e. The molecule has 0 bridgehead atoms. The van der Waals surface area contributed by atoms with Crippen LogP contribution in [0.4, 0.5) is 9.59 Å². The standard InChI is InChI=1S/C20H23ClN6O3/c1-26-18-14(11-23-26)10-17(21)24-16(18)12-27(20(29)30)9-5-8-15(25-19(22)28)13-6-3-2-4-7-13/h2-4,6-7,10-11,15H,5,8-9,12H2,1H3,(H,29,30)(H3,22,25,28). The van der Waals surface area contributed by atoms with Crippen molar-refractivity contribution in [3.63, 3.8) is 0 Å². The van der Waals surface area contributed by atoms with Crippen molar-refractivity contribution in [2.75, 3.05) is 6.54 Å². The molecular weight excluding hydrogens is 408 g/mol. The number of halogens is 1. The van der Waals surface area contributed by atoms with E-state index in [-0.39, 0.29) is 24.3 Å². The zero-order valence-corrected chi connectivity index (χ0v) is 17.2. The van der Waals surface area contributed by atoms with Crippen LogP contribution < -0.4 is 11.1 Å². The second-order valence-corrected chi connectivity index (χ2v) is 7.30. The first-order valence-electron chi connectivity index (χ1n) is 9.41. The van der Waals surface area contributed by atoms with Crippen LogP contribution >= 0.6 is 11.6 Å². The largest absolute Gasteiger partial charge is 0.465 e. The first-order chi connectivity index (χ1) is 14.3. The first-order valence-corrected chi connectivity index (χ1v) is 9.79. The van der Waals surface area contributed by atoms with Crippen molar-refractivity contribution in [3.05, 3.63) is 59.0 Å². The van der Waals surface area contributed by atoms with E-state index in [1.165, 1.54) is 4.90 Å². The van der Waals surface area contributed by atoms with E-state index in [4.69, 9.17) is 17.3 Å². The van der Waals surface area contributed by atoms with Gasteiger partial charge in [-0.2, -0.15) is 5.10 Å². The Morgan fingerprint density at radius 1 is 1.33 bits per heavy atom. The van der Waals surface area contributed by atoms with Gasteiger partial charge in [-0.3, -0.25) is 4.68 Å². The SMILES string of the molecule is Cn1ncc2cc(Cl)nc(CN(CCCC(NC(N)=O)c3ccccc3)C(=O)O)c21. The molecule has 0 aliphatic carbocycles. The fourth-order valence-corrected chi connectivity index (χ4v) is 3.67. The number of primary amides is 1. The first kappa shape index (κ1) is 21.4. The number of aryl methyl sites for hydroxylation is 1. The molecule has 4 N–H and O–H groups in total. The van der Waals surface area contributed by atoms with Crippen LogP contribution in [0.25, 0.3) is 10.9 Å². The molecule has 158 valence electrons. The number of carbonyl (C=O) groups is 2. The van der Waals surface area contributed by atoms with Crippen LogP contribution in [0.3, 0.4) is 0 Å². The van der Waals surface area contributed by atoms with Gasteiger partial charge in [0.1, 0.15) is 5.15 Å². The molecule has 0 saturated carbocycles. The number of fused-ring (bicyclic) bond motifs is 1. The van der Waals surface area contributed by atoms with Crippen LogP contribution in [-0.2, 0) is 13.6 Å². The summed E-state index contributed by atoms with van der Waals surface area (Å²) in [6.45, 7) is 0.331. The number of rotatable bonds is 8. The number of carbonyl (C=O) groups excluding carboxylic acids is 1. The van der Waals surface area contributed by atoms with Crippen molar-refractivity contribution in [2.24, 2.45) is 12.8 Å². The summed E-state index contributed by atoms with van der Waals surface area (Å²) in [4.78, 5) is 28.8. The number of nitrogens with zero attached hydrogens (tertiary/aromatic N) is 4. The molecule has 1 atom stereocenters. The summed E-state index contributed by atoms with van der Waals surface area (Å²) in [6, 6.07) is 10.2. The lowest BCUT2D eigenvalue weighted by molar-refractivity contribution is 0.140. The molecule has 1 aromatic carbocycles. The monoisotopic (exact) mass is 430 g/mol. The lowest BCUT2D eigenvalue weighted by Gasteiger charge is -2.22. The molecular formula is C20H23ClN6O3. The van der Waals surface area contributed by atoms with E-state index < -0.39 is 12.1 Å². The third kappa shape index (κ3) is 5.18. The molecule has 0 spiro atoms. The molecule has 0 aliphatic rings. The molecule has 3 amide bonds. The minimum absolute atomic E-state index is 0.0746. The van der Waals surface area contributed by atoms with Gasteiger partial charge >= 0.3 is 12.1 Å². The predicted molar refractivity (Wildman–Crippen MR) is 113 cm³/mol. The number of hydrogen-bond acceptors (Lipinski definition) is 4. The van der Waals surface area contributed by atoms with Crippen LogP contribution in [0.1, 0.15) is 30.1 Å². The number of benzene rings is 1. The number of amides is 3. The number of pyridine rings is 1. The number of nitrogens with one attached hydrogen (secondary N) is 1. The Morgan fingerprint density at radius 3 is 2.73 bits per heavy atom. The van der Waals surface area contributed by atoms with Crippen LogP contribution in [-0.4, -0.2) is 43.4 Å². The van der Waals surface area contributed by atoms with Gasteiger partial charge in [0.2, 0.25) is 0 Å². The number of hydrogen-bond donors (Lipinski definition) is 3. The molecule has 0 saturated heterocycles. The Balaban J connectivity index is 1.71. The summed E-state index contributed by atoms with van der Waals surface area (Å²) in [5.74, 6) is 0. The number of nitrogens with two attached hydrogens (primary N) is 1. The number of urea groups is 1. The number of carboxylic acid groups (broad SMARTS) is 1. The van der Waals surface area contributed by atoms with Crippen molar-refractivity contribution in [2.45, 2.75) is 25.4 Å². The van der Waals surface area contributed by atoms with E-state index in [1.54, 1.807) is 24.0 Å². The zero-order valence-electron chi connectivity index (χ0n) is 16.5. The Kier molecular flexibility index (Phi) is 6.73. The lowest BCUT2D eigenvalue weighted by Crippen LogP contribution is -2.34. The molecule has 3 aromatic rings. The third-order valence-electron chi connectivity index (χ3n) is 4.81. The highest BCUT2D eigenvalue weighted by molar-refractivity contribution is 6.30. The van der Waals surface area contributed by atoms with E-state index >= 15 is 0 Å². The maximum absolute atomic E-state index is 11.8. The van der Waals surface area contributed by atoms with Crippen molar-refractivity contribution in [3.8, 4) is 0 Å². The van der Waals surface area contributed by atoms with Gasteiger partial charge < -0.3 is 21.1 Å². The van der Waals surface area contributed by atoms with Crippen LogP contribution in [0, 0.1) is 0 Å². The fourth-order valence-electron chi connectivity index (χ4n) is 3.45. The fraction of sp³-hybridized carbons (Fsp3) is 0.300. The molecule has 0 aliphatic heterocycles. The summed E-state index contributed by atoms with van der Waals surface area (Å²) in [6.07, 6.45) is 1.64. The highest BCUT2D eigenvalue weighted by Gasteiger charge is 2.19. The van der Waals surface area contributed by atoms with E-state index in [1.807, 2.05) is 30.3 Å². The number of aromatic nitrogens is 3. The Morgan fingerprint density at radius 2 is 2.07 bits per heavy atom. The van der Waals surface area contributed by atoms with Gasteiger partial charge in [0.15, 0.2) is 0 Å². The minimum Gasteiger partial charge on any atom is -0.465 e. The zero-order chi connectivity index (χ0) is 21.7. The molecule has 30 heavy (non-hydrogen) atoms. The topological polar surface area (TPSA) is 126 Å². The second kappa shape index (κ2) is 9.45. The second-order valence-electron chi connectivity index (χ2n) is 6.92. The van der Waals surface area contributed by atoms with Gasteiger partial charge in [0.05, 0.1) is 30.0 Å². The van der Waals surface area contributed by atoms with E-state index in [0.29, 0.717) is 18.5 Å². The summed E-state index contributed by atoms with van der Waals surface area (Å²) < 4.78 is 1.65. The van der Waals surface area contributed by atoms with E-state index in [2.05, 4.69) is 15.4 Å². The van der Waals surface area contributed by atoms with Gasteiger partial charge in [-0.15, -0.1) is 0 Å². The van der Waals surface area contributed by atoms with Crippen LogP contribution in [0.2, 0.25) is 5.15 Å². The maximum atomic E-state index is 11.8. The Hall–Kier alpha value is -3.33. The van der Waals surface area contributed by atoms with Gasteiger partial charge in [-0.1, -0.05) is 41.9 Å². The molecule has 0 radical (unpaired) electrons. The highest BCUT2D eigenvalue weighted by Crippen LogP contribution is 2.23. The molecule has 2 aromatic heterocycles. The summed E-state index contributed by atoms with van der Waals surface area (Å²) in [5, 5.41) is 17.7. The van der Waals surface area contributed by atoms with Crippen molar-refractivity contribution < 1.29 is 14.7 Å². The Labute approximate surface area is 178 Å². The highest BCUT2D eigenvalue weighted by atomic mass is 35.5. The normalized spacial score (nSPS) is 11.9. The van der Waals surface area contributed by atoms with Crippen molar-refractivity contribution in [1.82, 2.24) is 25.0 Å². The summed E-state index contributed by atoms with van der Waals surface area (Å²) in [7, 11) is 1.77. The van der Waals surface area contributed by atoms with E-state index in [9.17, 15) is 14.7 Å².